The molecule has 0 aliphatic rings. The highest BCUT2D eigenvalue weighted by molar-refractivity contribution is 14.1. The van der Waals surface area contributed by atoms with E-state index in [0.717, 1.165) is 11.3 Å². The quantitative estimate of drug-likeness (QED) is 0.570. The van der Waals surface area contributed by atoms with Crippen LogP contribution in [0.25, 0.3) is 0 Å². The van der Waals surface area contributed by atoms with Crippen molar-refractivity contribution >= 4 is 39.7 Å². The van der Waals surface area contributed by atoms with E-state index in [1.807, 2.05) is 28.7 Å². The number of benzene rings is 1. The van der Waals surface area contributed by atoms with Crippen LogP contribution in [0.4, 0.5) is 4.39 Å². The number of carbonyl (C=O) groups is 1. The molecule has 0 spiro atoms. The summed E-state index contributed by atoms with van der Waals surface area (Å²) in [6.07, 6.45) is 1.39. The first kappa shape index (κ1) is 13.7. The Balaban J connectivity index is 2.16. The molecule has 18 heavy (non-hydrogen) atoms. The molecule has 0 unspecified atom stereocenters. The summed E-state index contributed by atoms with van der Waals surface area (Å²) in [4.78, 5) is 14.5. The molecule has 0 bridgehead atoms. The minimum absolute atomic E-state index is 0.0453. The Bertz CT molecular complexity index is 577. The minimum Gasteiger partial charge on any atom is -0.294 e. The number of ketones is 1. The van der Waals surface area contributed by atoms with Crippen LogP contribution in [0.3, 0.4) is 0 Å². The predicted molar refractivity (Wildman–Crippen MR) is 80.8 cm³/mol. The number of aryl methyl sites for hydroxylation is 1. The van der Waals surface area contributed by atoms with Crippen LogP contribution >= 0.6 is 33.9 Å². The number of hydrogen-bond donors (Lipinski definition) is 0. The molecule has 2 aromatic rings. The Morgan fingerprint density at radius 3 is 2.61 bits per heavy atom. The van der Waals surface area contributed by atoms with Gasteiger partial charge in [-0.25, -0.2) is 4.39 Å². The number of hydrogen-bond acceptors (Lipinski definition) is 2. The lowest BCUT2D eigenvalue weighted by molar-refractivity contribution is 0.0993. The van der Waals surface area contributed by atoms with Gasteiger partial charge in [0.1, 0.15) is 5.82 Å². The van der Waals surface area contributed by atoms with Crippen LogP contribution in [0.2, 0.25) is 0 Å². The van der Waals surface area contributed by atoms with Crippen LogP contribution in [0.1, 0.15) is 27.0 Å². The maximum absolute atomic E-state index is 13.0. The summed E-state index contributed by atoms with van der Waals surface area (Å²) >= 11 is 3.67. The molecule has 4 heteroatoms. The van der Waals surface area contributed by atoms with Crippen molar-refractivity contribution in [1.82, 2.24) is 0 Å². The van der Waals surface area contributed by atoms with Crippen LogP contribution in [-0.4, -0.2) is 5.78 Å². The summed E-state index contributed by atoms with van der Waals surface area (Å²) in [6, 6.07) is 8.34. The van der Waals surface area contributed by atoms with E-state index in [9.17, 15) is 9.18 Å². The molecule has 0 N–H and O–H groups in total. The van der Waals surface area contributed by atoms with Gasteiger partial charge in [-0.2, -0.15) is 0 Å². The zero-order chi connectivity index (χ0) is 13.1. The van der Waals surface area contributed by atoms with E-state index < -0.39 is 0 Å². The van der Waals surface area contributed by atoms with Crippen molar-refractivity contribution in [3.8, 4) is 0 Å². The number of carbonyl (C=O) groups excluding carboxylic acids is 1. The lowest BCUT2D eigenvalue weighted by atomic mass is 10.1. The zero-order valence-corrected chi connectivity index (χ0v) is 12.8. The Kier molecular flexibility index (Phi) is 4.50. The molecule has 1 nitrogen and oxygen atoms in total. The summed E-state index contributed by atoms with van der Waals surface area (Å²) < 4.78 is 13.6. The van der Waals surface area contributed by atoms with Gasteiger partial charge in [0.05, 0.1) is 0 Å². The topological polar surface area (TPSA) is 17.1 Å². The van der Waals surface area contributed by atoms with Crippen molar-refractivity contribution in [2.75, 3.05) is 0 Å². The lowest BCUT2D eigenvalue weighted by Crippen LogP contribution is -2.04. The average molecular weight is 374 g/mol. The number of thiophene rings is 1. The number of halogens is 2. The van der Waals surface area contributed by atoms with E-state index in [1.54, 1.807) is 17.4 Å². The molecule has 0 aliphatic heterocycles. The second-order valence-electron chi connectivity index (χ2n) is 3.95. The summed E-state index contributed by atoms with van der Waals surface area (Å²) in [6.45, 7) is 2.10. The van der Waals surface area contributed by atoms with Crippen LogP contribution in [0, 0.1) is 9.39 Å². The smallest absolute Gasteiger partial charge is 0.169 e. The number of Topliss-reactive ketones (excluding diaryl/α,β-unsaturated/α-hetero) is 1. The van der Waals surface area contributed by atoms with Gasteiger partial charge in [-0.1, -0.05) is 6.92 Å². The van der Waals surface area contributed by atoms with E-state index in [2.05, 4.69) is 13.0 Å². The van der Waals surface area contributed by atoms with Gasteiger partial charge >= 0.3 is 0 Å². The lowest BCUT2D eigenvalue weighted by Gasteiger charge is -2.02. The van der Waals surface area contributed by atoms with Crippen molar-refractivity contribution in [1.29, 1.82) is 0 Å². The summed E-state index contributed by atoms with van der Waals surface area (Å²) in [5, 5.41) is 0. The molecule has 1 aromatic heterocycles. The van der Waals surface area contributed by atoms with Crippen LogP contribution in [0.5, 0.6) is 0 Å². The molecule has 2 rings (SSSR count). The summed E-state index contributed by atoms with van der Waals surface area (Å²) in [5.41, 5.74) is 0.600. The van der Waals surface area contributed by atoms with E-state index in [0.29, 0.717) is 15.6 Å². The minimum atomic E-state index is -0.305. The number of rotatable bonds is 4. The molecule has 0 aliphatic carbocycles. The van der Waals surface area contributed by atoms with Crippen molar-refractivity contribution in [2.24, 2.45) is 0 Å². The van der Waals surface area contributed by atoms with Gasteiger partial charge in [0.15, 0.2) is 5.78 Å². The van der Waals surface area contributed by atoms with Crippen LogP contribution < -0.4 is 0 Å². The SMILES string of the molecule is CCc1ccc(CC(=O)c2ccc(F)cc2I)s1. The third kappa shape index (κ3) is 3.17. The standard InChI is InChI=1S/C14H12FIOS/c1-2-10-4-5-11(18-10)8-14(17)12-6-3-9(15)7-13(12)16/h3-7H,2,8H2,1H3. The molecule has 1 aromatic carbocycles. The molecular formula is C14H12FIOS. The maximum Gasteiger partial charge on any atom is 0.169 e. The fourth-order valence-corrected chi connectivity index (χ4v) is 3.41. The predicted octanol–water partition coefficient (Wildman–Crippen LogP) is 4.48. The Morgan fingerprint density at radius 2 is 2.00 bits per heavy atom. The largest absolute Gasteiger partial charge is 0.294 e. The van der Waals surface area contributed by atoms with E-state index >= 15 is 0 Å². The summed E-state index contributed by atoms with van der Waals surface area (Å²) in [7, 11) is 0. The zero-order valence-electron chi connectivity index (χ0n) is 9.87. The van der Waals surface area contributed by atoms with Gasteiger partial charge in [-0.05, 0) is 59.3 Å². The highest BCUT2D eigenvalue weighted by Crippen LogP contribution is 2.21. The normalized spacial score (nSPS) is 10.6. The third-order valence-corrected chi connectivity index (χ3v) is 4.75. The molecule has 1 heterocycles. The van der Waals surface area contributed by atoms with Crippen LogP contribution in [-0.2, 0) is 12.8 Å². The third-order valence-electron chi connectivity index (χ3n) is 2.63. The highest BCUT2D eigenvalue weighted by atomic mass is 127. The van der Waals surface area contributed by atoms with Gasteiger partial charge in [-0.3, -0.25) is 4.79 Å². The molecule has 0 saturated carbocycles. The Labute approximate surface area is 123 Å². The molecular weight excluding hydrogens is 362 g/mol. The van der Waals surface area contributed by atoms with E-state index in [1.165, 1.54) is 17.0 Å². The fraction of sp³-hybridized carbons (Fsp3) is 0.214. The molecule has 0 saturated heterocycles. The highest BCUT2D eigenvalue weighted by Gasteiger charge is 2.12. The molecule has 0 amide bonds. The monoisotopic (exact) mass is 374 g/mol. The van der Waals surface area contributed by atoms with Gasteiger partial charge in [0, 0.05) is 25.3 Å². The Morgan fingerprint density at radius 1 is 1.28 bits per heavy atom. The van der Waals surface area contributed by atoms with Crippen molar-refractivity contribution in [3.63, 3.8) is 0 Å². The first-order chi connectivity index (χ1) is 8.60. The van der Waals surface area contributed by atoms with Crippen LogP contribution in [0.15, 0.2) is 30.3 Å². The van der Waals surface area contributed by atoms with Crippen molar-refractivity contribution < 1.29 is 9.18 Å². The van der Waals surface area contributed by atoms with Gasteiger partial charge < -0.3 is 0 Å². The molecule has 0 fully saturated rings. The summed E-state index contributed by atoms with van der Waals surface area (Å²) in [5.74, 6) is -0.260. The average Bonchev–Trinajstić information content (AvgIpc) is 2.76. The van der Waals surface area contributed by atoms with Gasteiger partial charge in [-0.15, -0.1) is 11.3 Å². The molecule has 94 valence electrons. The maximum atomic E-state index is 13.0. The fourth-order valence-electron chi connectivity index (χ4n) is 1.68. The van der Waals surface area contributed by atoms with Crippen molar-refractivity contribution in [3.05, 3.63) is 55.0 Å². The van der Waals surface area contributed by atoms with E-state index in [-0.39, 0.29) is 11.6 Å². The van der Waals surface area contributed by atoms with Gasteiger partial charge in [0.25, 0.3) is 0 Å². The van der Waals surface area contributed by atoms with Gasteiger partial charge in [0.2, 0.25) is 0 Å². The molecule has 0 atom stereocenters. The van der Waals surface area contributed by atoms with Crippen molar-refractivity contribution in [2.45, 2.75) is 19.8 Å². The molecule has 0 radical (unpaired) electrons. The van der Waals surface area contributed by atoms with E-state index in [4.69, 9.17) is 0 Å². The first-order valence-corrected chi connectivity index (χ1v) is 7.55. The second kappa shape index (κ2) is 5.93. The first-order valence-electron chi connectivity index (χ1n) is 5.66. The Hall–Kier alpha value is -0.750. The second-order valence-corrected chi connectivity index (χ2v) is 6.36.